The fourth-order valence-corrected chi connectivity index (χ4v) is 2.77. The van der Waals surface area contributed by atoms with Crippen molar-refractivity contribution in [2.75, 3.05) is 25.2 Å². The zero-order chi connectivity index (χ0) is 17.2. The van der Waals surface area contributed by atoms with Crippen molar-refractivity contribution in [2.45, 2.75) is 19.1 Å². The molecule has 1 unspecified atom stereocenters. The molecule has 1 saturated heterocycles. The lowest BCUT2D eigenvalue weighted by molar-refractivity contribution is -0.142. The molecule has 0 spiro atoms. The second kappa shape index (κ2) is 6.46. The maximum Gasteiger partial charge on any atom is 0.263 e. The van der Waals surface area contributed by atoms with E-state index in [1.807, 2.05) is 0 Å². The summed E-state index contributed by atoms with van der Waals surface area (Å²) in [7, 11) is 0. The number of benzene rings is 1. The number of aromatic nitrogens is 2. The average Bonchev–Trinajstić information content (AvgIpc) is 3.06. The molecule has 0 radical (unpaired) electrons. The minimum absolute atomic E-state index is 0.0512. The number of anilines is 1. The van der Waals surface area contributed by atoms with Crippen LogP contribution in [0, 0.1) is 0 Å². The van der Waals surface area contributed by atoms with E-state index in [9.17, 15) is 4.79 Å². The highest BCUT2D eigenvalue weighted by Crippen LogP contribution is 2.35. The molecule has 2 aromatic rings. The van der Waals surface area contributed by atoms with Crippen molar-refractivity contribution in [3.8, 4) is 17.2 Å². The van der Waals surface area contributed by atoms with E-state index in [0.29, 0.717) is 36.3 Å². The van der Waals surface area contributed by atoms with E-state index in [1.54, 1.807) is 48.5 Å². The highest BCUT2D eigenvalue weighted by Gasteiger charge is 2.34. The van der Waals surface area contributed by atoms with Crippen LogP contribution in [0.25, 0.3) is 0 Å². The molecule has 1 amide bonds. The van der Waals surface area contributed by atoms with E-state index in [-0.39, 0.29) is 18.7 Å². The minimum atomic E-state index is -0.575. The fourth-order valence-electron chi connectivity index (χ4n) is 2.77. The Labute approximate surface area is 144 Å². The van der Waals surface area contributed by atoms with E-state index in [2.05, 4.69) is 15.3 Å². The summed E-state index contributed by atoms with van der Waals surface area (Å²) in [4.78, 5) is 22.4. The highest BCUT2D eigenvalue weighted by molar-refractivity contribution is 5.82. The van der Waals surface area contributed by atoms with Gasteiger partial charge in [0.15, 0.2) is 17.6 Å². The van der Waals surface area contributed by atoms with Gasteiger partial charge in [-0.15, -0.1) is 0 Å². The molecule has 4 rings (SSSR count). The normalized spacial score (nSPS) is 16.9. The van der Waals surface area contributed by atoms with Gasteiger partial charge in [-0.2, -0.15) is 0 Å². The molecule has 0 saturated carbocycles. The standard InChI is InChI=1S/C17H18N4O4/c1-11(25-13-3-4-14-15(7-13)24-10-23-14)16(22)21-8-12(9-21)20-17-18-5-2-6-19-17/h2-7,11-12H,8-10H2,1H3,(H,18,19,20). The van der Waals surface area contributed by atoms with Crippen molar-refractivity contribution in [2.24, 2.45) is 0 Å². The Morgan fingerprint density at radius 2 is 2.04 bits per heavy atom. The third kappa shape index (κ3) is 3.28. The third-order valence-corrected chi connectivity index (χ3v) is 4.10. The first-order valence-corrected chi connectivity index (χ1v) is 8.08. The van der Waals surface area contributed by atoms with E-state index in [4.69, 9.17) is 14.2 Å². The number of carbonyl (C=O) groups is 1. The number of carbonyl (C=O) groups excluding carboxylic acids is 1. The Balaban J connectivity index is 1.28. The first-order chi connectivity index (χ1) is 12.2. The third-order valence-electron chi connectivity index (χ3n) is 4.10. The smallest absolute Gasteiger partial charge is 0.263 e. The quantitative estimate of drug-likeness (QED) is 0.876. The summed E-state index contributed by atoms with van der Waals surface area (Å²) < 4.78 is 16.3. The number of fused-ring (bicyclic) bond motifs is 1. The molecule has 130 valence electrons. The van der Waals surface area contributed by atoms with Gasteiger partial charge in [0, 0.05) is 31.5 Å². The second-order valence-corrected chi connectivity index (χ2v) is 5.93. The monoisotopic (exact) mass is 342 g/mol. The average molecular weight is 342 g/mol. The molecular formula is C17H18N4O4. The van der Waals surface area contributed by atoms with Crippen LogP contribution >= 0.6 is 0 Å². The molecule has 8 heteroatoms. The molecule has 0 aliphatic carbocycles. The number of hydrogen-bond acceptors (Lipinski definition) is 7. The van der Waals surface area contributed by atoms with Crippen molar-refractivity contribution in [3.05, 3.63) is 36.7 Å². The van der Waals surface area contributed by atoms with Crippen molar-refractivity contribution >= 4 is 11.9 Å². The van der Waals surface area contributed by atoms with Crippen molar-refractivity contribution in [1.29, 1.82) is 0 Å². The van der Waals surface area contributed by atoms with Crippen LogP contribution in [-0.4, -0.2) is 52.8 Å². The van der Waals surface area contributed by atoms with Gasteiger partial charge in [-0.05, 0) is 25.1 Å². The summed E-state index contributed by atoms with van der Waals surface area (Å²) in [6.45, 7) is 3.16. The molecule has 1 aromatic carbocycles. The molecular weight excluding hydrogens is 324 g/mol. The van der Waals surface area contributed by atoms with Gasteiger partial charge in [0.05, 0.1) is 6.04 Å². The number of rotatable bonds is 5. The van der Waals surface area contributed by atoms with Gasteiger partial charge in [0.2, 0.25) is 12.7 Å². The Morgan fingerprint density at radius 1 is 1.28 bits per heavy atom. The van der Waals surface area contributed by atoms with Crippen LogP contribution in [0.15, 0.2) is 36.7 Å². The summed E-state index contributed by atoms with van der Waals surface area (Å²) in [5, 5.41) is 3.19. The summed E-state index contributed by atoms with van der Waals surface area (Å²) >= 11 is 0. The summed E-state index contributed by atoms with van der Waals surface area (Å²) in [5.74, 6) is 2.42. The molecule has 8 nitrogen and oxygen atoms in total. The maximum atomic E-state index is 12.4. The first-order valence-electron chi connectivity index (χ1n) is 8.08. The van der Waals surface area contributed by atoms with Crippen LogP contribution in [0.4, 0.5) is 5.95 Å². The zero-order valence-corrected chi connectivity index (χ0v) is 13.7. The van der Waals surface area contributed by atoms with Gasteiger partial charge in [0.25, 0.3) is 5.91 Å². The van der Waals surface area contributed by atoms with E-state index < -0.39 is 6.10 Å². The van der Waals surface area contributed by atoms with Crippen molar-refractivity contribution < 1.29 is 19.0 Å². The molecule has 1 fully saturated rings. The predicted octanol–water partition coefficient (Wildman–Crippen LogP) is 1.30. The lowest BCUT2D eigenvalue weighted by Crippen LogP contribution is -2.59. The highest BCUT2D eigenvalue weighted by atomic mass is 16.7. The van der Waals surface area contributed by atoms with Crippen LogP contribution in [0.5, 0.6) is 17.2 Å². The molecule has 3 heterocycles. The fraction of sp³-hybridized carbons (Fsp3) is 0.353. The zero-order valence-electron chi connectivity index (χ0n) is 13.7. The molecule has 0 bridgehead atoms. The Bertz CT molecular complexity index is 764. The SMILES string of the molecule is CC(Oc1ccc2c(c1)OCO2)C(=O)N1CC(Nc2ncccn2)C1. The number of nitrogens with one attached hydrogen (secondary N) is 1. The van der Waals surface area contributed by atoms with Gasteiger partial charge < -0.3 is 24.4 Å². The number of nitrogens with zero attached hydrogens (tertiary/aromatic N) is 3. The summed E-state index contributed by atoms with van der Waals surface area (Å²) in [6.07, 6.45) is 2.78. The molecule has 1 N–H and O–H groups in total. The number of amides is 1. The van der Waals surface area contributed by atoms with Crippen LogP contribution in [0.1, 0.15) is 6.92 Å². The molecule has 2 aliphatic rings. The van der Waals surface area contributed by atoms with Gasteiger partial charge >= 0.3 is 0 Å². The Hall–Kier alpha value is -3.03. The van der Waals surface area contributed by atoms with Crippen LogP contribution in [-0.2, 0) is 4.79 Å². The predicted molar refractivity (Wildman–Crippen MR) is 88.7 cm³/mol. The molecule has 1 aromatic heterocycles. The van der Waals surface area contributed by atoms with Crippen LogP contribution in [0.2, 0.25) is 0 Å². The van der Waals surface area contributed by atoms with Crippen molar-refractivity contribution in [1.82, 2.24) is 14.9 Å². The molecule has 2 aliphatic heterocycles. The van der Waals surface area contributed by atoms with Gasteiger partial charge in [-0.1, -0.05) is 0 Å². The number of likely N-dealkylation sites (tertiary alicyclic amines) is 1. The van der Waals surface area contributed by atoms with E-state index in [0.717, 1.165) is 0 Å². The maximum absolute atomic E-state index is 12.4. The summed E-state index contributed by atoms with van der Waals surface area (Å²) in [6, 6.07) is 7.20. The number of ether oxygens (including phenoxy) is 3. The second-order valence-electron chi connectivity index (χ2n) is 5.93. The van der Waals surface area contributed by atoms with Crippen LogP contribution < -0.4 is 19.5 Å². The lowest BCUT2D eigenvalue weighted by Gasteiger charge is -2.40. The van der Waals surface area contributed by atoms with Crippen LogP contribution in [0.3, 0.4) is 0 Å². The van der Waals surface area contributed by atoms with E-state index >= 15 is 0 Å². The number of hydrogen-bond donors (Lipinski definition) is 1. The van der Waals surface area contributed by atoms with Gasteiger partial charge in [0.1, 0.15) is 5.75 Å². The Morgan fingerprint density at radius 3 is 2.84 bits per heavy atom. The lowest BCUT2D eigenvalue weighted by atomic mass is 10.1. The molecule has 1 atom stereocenters. The van der Waals surface area contributed by atoms with Crippen molar-refractivity contribution in [3.63, 3.8) is 0 Å². The topological polar surface area (TPSA) is 85.8 Å². The Kier molecular flexibility index (Phi) is 4.01. The minimum Gasteiger partial charge on any atom is -0.481 e. The van der Waals surface area contributed by atoms with E-state index in [1.165, 1.54) is 0 Å². The van der Waals surface area contributed by atoms with Gasteiger partial charge in [-0.25, -0.2) is 9.97 Å². The first kappa shape index (κ1) is 15.5. The largest absolute Gasteiger partial charge is 0.481 e. The van der Waals surface area contributed by atoms with Gasteiger partial charge in [-0.3, -0.25) is 4.79 Å². The summed E-state index contributed by atoms with van der Waals surface area (Å²) in [5.41, 5.74) is 0. The molecule has 25 heavy (non-hydrogen) atoms.